The van der Waals surface area contributed by atoms with Crippen molar-refractivity contribution in [1.82, 2.24) is 19.7 Å². The highest BCUT2D eigenvalue weighted by atomic mass is 35.5. The van der Waals surface area contributed by atoms with E-state index < -0.39 is 5.91 Å². The van der Waals surface area contributed by atoms with Gasteiger partial charge in [-0.25, -0.2) is 9.67 Å². The molecule has 0 atom stereocenters. The molecule has 28 heavy (non-hydrogen) atoms. The van der Waals surface area contributed by atoms with Crippen LogP contribution in [0.25, 0.3) is 5.69 Å². The number of rotatable bonds is 5. The van der Waals surface area contributed by atoms with Crippen molar-refractivity contribution in [2.24, 2.45) is 0 Å². The van der Waals surface area contributed by atoms with Crippen LogP contribution in [-0.4, -0.2) is 45.6 Å². The monoisotopic (exact) mass is 397 g/mol. The summed E-state index contributed by atoms with van der Waals surface area (Å²) in [6, 6.07) is 14.2. The Bertz CT molecular complexity index is 994. The molecule has 0 radical (unpaired) electrons. The van der Waals surface area contributed by atoms with Crippen molar-refractivity contribution in [1.29, 1.82) is 0 Å². The van der Waals surface area contributed by atoms with Gasteiger partial charge >= 0.3 is 0 Å². The number of amides is 2. The first-order valence-electron chi connectivity index (χ1n) is 8.63. The first-order valence-corrected chi connectivity index (χ1v) is 9.01. The quantitative estimate of drug-likeness (QED) is 0.717. The lowest BCUT2D eigenvalue weighted by Gasteiger charge is -2.10. The van der Waals surface area contributed by atoms with Gasteiger partial charge in [0.2, 0.25) is 11.7 Å². The topological polar surface area (TPSA) is 80.1 Å². The maximum Gasteiger partial charge on any atom is 0.295 e. The summed E-state index contributed by atoms with van der Waals surface area (Å²) in [7, 11) is 3.43. The summed E-state index contributed by atoms with van der Waals surface area (Å²) in [5.74, 6) is 0.265. The number of halogens is 1. The average Bonchev–Trinajstić information content (AvgIpc) is 3.05. The lowest BCUT2D eigenvalue weighted by atomic mass is 10.1. The minimum absolute atomic E-state index is 0.0178. The molecule has 0 fully saturated rings. The molecule has 1 heterocycles. The number of nitrogens with zero attached hydrogens (tertiary/aromatic N) is 4. The molecule has 0 aliphatic carbocycles. The van der Waals surface area contributed by atoms with Gasteiger partial charge in [0.25, 0.3) is 5.91 Å². The first kappa shape index (κ1) is 19.6. The zero-order chi connectivity index (χ0) is 20.3. The fourth-order valence-electron chi connectivity index (χ4n) is 2.54. The first-order chi connectivity index (χ1) is 13.3. The molecule has 8 heteroatoms. The van der Waals surface area contributed by atoms with Crippen LogP contribution in [0.15, 0.2) is 48.5 Å². The second kappa shape index (κ2) is 8.22. The number of anilines is 1. The minimum atomic E-state index is -0.409. The number of carbonyl (C=O) groups excluding carboxylic acids is 2. The van der Waals surface area contributed by atoms with Gasteiger partial charge in [-0.1, -0.05) is 23.7 Å². The van der Waals surface area contributed by atoms with Gasteiger partial charge in [0.15, 0.2) is 0 Å². The summed E-state index contributed by atoms with van der Waals surface area (Å²) in [6.07, 6.45) is 0.313. The number of benzene rings is 2. The van der Waals surface area contributed by atoms with Crippen LogP contribution in [0.3, 0.4) is 0 Å². The van der Waals surface area contributed by atoms with E-state index in [1.807, 2.05) is 12.1 Å². The Labute approximate surface area is 167 Å². The van der Waals surface area contributed by atoms with Gasteiger partial charge in [-0.05, 0) is 48.9 Å². The van der Waals surface area contributed by atoms with Gasteiger partial charge in [-0.2, -0.15) is 0 Å². The number of hydrogen-bond acceptors (Lipinski definition) is 4. The second-order valence-electron chi connectivity index (χ2n) is 6.49. The molecule has 3 aromatic rings. The van der Waals surface area contributed by atoms with Crippen molar-refractivity contribution in [3.8, 4) is 5.69 Å². The van der Waals surface area contributed by atoms with E-state index in [2.05, 4.69) is 15.4 Å². The zero-order valence-corrected chi connectivity index (χ0v) is 16.6. The lowest BCUT2D eigenvalue weighted by molar-refractivity contribution is -0.127. The van der Waals surface area contributed by atoms with Crippen LogP contribution in [0.4, 0.5) is 5.69 Å². The third kappa shape index (κ3) is 4.55. The fraction of sp³-hybridized carbons (Fsp3) is 0.200. The Hall–Kier alpha value is -3.19. The third-order valence-electron chi connectivity index (χ3n) is 4.11. The van der Waals surface area contributed by atoms with Crippen LogP contribution in [0.5, 0.6) is 0 Å². The van der Waals surface area contributed by atoms with Gasteiger partial charge < -0.3 is 10.2 Å². The maximum absolute atomic E-state index is 12.5. The Kier molecular flexibility index (Phi) is 5.75. The Balaban J connectivity index is 1.70. The molecule has 3 rings (SSSR count). The van der Waals surface area contributed by atoms with Crippen molar-refractivity contribution < 1.29 is 9.59 Å². The molecular formula is C20H20ClN5O2. The molecule has 7 nitrogen and oxygen atoms in total. The Morgan fingerprint density at radius 1 is 1.07 bits per heavy atom. The van der Waals surface area contributed by atoms with E-state index in [0.29, 0.717) is 23.0 Å². The summed E-state index contributed by atoms with van der Waals surface area (Å²) < 4.78 is 1.58. The van der Waals surface area contributed by atoms with Gasteiger partial charge in [0.05, 0.1) is 12.1 Å². The maximum atomic E-state index is 12.5. The van der Waals surface area contributed by atoms with Crippen molar-refractivity contribution in [3.05, 3.63) is 70.8 Å². The SMILES string of the molecule is Cc1nc(C(=O)Nc2ccc(CC(=O)N(C)C)cc2)nn1-c1ccc(Cl)cc1. The molecule has 2 aromatic carbocycles. The highest BCUT2D eigenvalue weighted by Gasteiger charge is 2.15. The summed E-state index contributed by atoms with van der Waals surface area (Å²) in [6.45, 7) is 1.77. The highest BCUT2D eigenvalue weighted by molar-refractivity contribution is 6.30. The van der Waals surface area contributed by atoms with E-state index >= 15 is 0 Å². The van der Waals surface area contributed by atoms with E-state index in [-0.39, 0.29) is 11.7 Å². The largest absolute Gasteiger partial charge is 0.349 e. The molecule has 0 unspecified atom stereocenters. The summed E-state index contributed by atoms with van der Waals surface area (Å²) >= 11 is 5.91. The summed E-state index contributed by atoms with van der Waals surface area (Å²) in [5.41, 5.74) is 2.24. The normalized spacial score (nSPS) is 10.6. The molecule has 1 N–H and O–H groups in total. The Morgan fingerprint density at radius 2 is 1.71 bits per heavy atom. The Morgan fingerprint density at radius 3 is 2.32 bits per heavy atom. The fourth-order valence-corrected chi connectivity index (χ4v) is 2.66. The number of aryl methyl sites for hydroxylation is 1. The molecule has 144 valence electrons. The van der Waals surface area contributed by atoms with Crippen LogP contribution in [0, 0.1) is 6.92 Å². The van der Waals surface area contributed by atoms with Crippen molar-refractivity contribution in [3.63, 3.8) is 0 Å². The molecule has 1 aromatic heterocycles. The predicted octanol–water partition coefficient (Wildman–Crippen LogP) is 3.11. The standard InChI is InChI=1S/C20H20ClN5O2/c1-13-22-19(24-26(13)17-10-6-15(21)7-11-17)20(28)23-16-8-4-14(5-9-16)12-18(27)25(2)3/h4-11H,12H2,1-3H3,(H,23,28). The van der Waals surface area contributed by atoms with Crippen LogP contribution in [-0.2, 0) is 11.2 Å². The minimum Gasteiger partial charge on any atom is -0.349 e. The van der Waals surface area contributed by atoms with Gasteiger partial charge in [-0.3, -0.25) is 9.59 Å². The molecule has 0 saturated heterocycles. The van der Waals surface area contributed by atoms with Crippen LogP contribution < -0.4 is 5.32 Å². The highest BCUT2D eigenvalue weighted by Crippen LogP contribution is 2.15. The van der Waals surface area contributed by atoms with E-state index in [1.54, 1.807) is 67.0 Å². The molecule has 0 saturated carbocycles. The molecule has 2 amide bonds. The number of carbonyl (C=O) groups is 2. The molecule has 0 bridgehead atoms. The lowest BCUT2D eigenvalue weighted by Crippen LogP contribution is -2.23. The molecule has 0 spiro atoms. The van der Waals surface area contributed by atoms with Crippen LogP contribution in [0.1, 0.15) is 22.0 Å². The van der Waals surface area contributed by atoms with Crippen LogP contribution in [0.2, 0.25) is 5.02 Å². The van der Waals surface area contributed by atoms with Gasteiger partial charge in [0.1, 0.15) is 5.82 Å². The molecular weight excluding hydrogens is 378 g/mol. The molecule has 0 aliphatic heterocycles. The predicted molar refractivity (Wildman–Crippen MR) is 108 cm³/mol. The third-order valence-corrected chi connectivity index (χ3v) is 4.36. The van der Waals surface area contributed by atoms with Crippen molar-refractivity contribution in [2.75, 3.05) is 19.4 Å². The molecule has 0 aliphatic rings. The van der Waals surface area contributed by atoms with Gasteiger partial charge in [0, 0.05) is 24.8 Å². The summed E-state index contributed by atoms with van der Waals surface area (Å²) in [4.78, 5) is 30.0. The van der Waals surface area contributed by atoms with E-state index in [1.165, 1.54) is 0 Å². The van der Waals surface area contributed by atoms with E-state index in [4.69, 9.17) is 11.6 Å². The van der Waals surface area contributed by atoms with Crippen molar-refractivity contribution >= 4 is 29.1 Å². The van der Waals surface area contributed by atoms with E-state index in [0.717, 1.165) is 11.3 Å². The van der Waals surface area contributed by atoms with Crippen LogP contribution >= 0.6 is 11.6 Å². The zero-order valence-electron chi connectivity index (χ0n) is 15.8. The van der Waals surface area contributed by atoms with E-state index in [9.17, 15) is 9.59 Å². The van der Waals surface area contributed by atoms with Gasteiger partial charge in [-0.15, -0.1) is 5.10 Å². The number of likely N-dealkylation sites (N-methyl/N-ethyl adjacent to an activating group) is 1. The second-order valence-corrected chi connectivity index (χ2v) is 6.92. The number of hydrogen-bond donors (Lipinski definition) is 1. The number of nitrogens with one attached hydrogen (secondary N) is 1. The number of aromatic nitrogens is 3. The van der Waals surface area contributed by atoms with Crippen molar-refractivity contribution in [2.45, 2.75) is 13.3 Å². The average molecular weight is 398 g/mol. The summed E-state index contributed by atoms with van der Waals surface area (Å²) in [5, 5.41) is 7.67. The smallest absolute Gasteiger partial charge is 0.295 e.